The average Bonchev–Trinajstić information content (AvgIpc) is 3.18. The highest BCUT2D eigenvalue weighted by atomic mass is 15.2. The maximum Gasteiger partial charge on any atom is 0.0576 e. The molecule has 2 aliphatic carbocycles. The number of nitrogens with zero attached hydrogens (tertiary/aromatic N) is 1. The van der Waals surface area contributed by atoms with Crippen LogP contribution in [0.3, 0.4) is 0 Å². The molecule has 3 rings (SSSR count). The van der Waals surface area contributed by atoms with E-state index in [1.54, 1.807) is 0 Å². The molecule has 2 unspecified atom stereocenters. The molecule has 0 aromatic rings. The first kappa shape index (κ1) is 12.5. The Hall–Kier alpha value is -1.50. The summed E-state index contributed by atoms with van der Waals surface area (Å²) in [6, 6.07) is 0.510. The van der Waals surface area contributed by atoms with Gasteiger partial charge in [0.2, 0.25) is 0 Å². The highest BCUT2D eigenvalue weighted by Gasteiger charge is 2.36. The monoisotopic (exact) mass is 253 g/mol. The van der Waals surface area contributed by atoms with Crippen molar-refractivity contribution in [2.75, 3.05) is 7.05 Å². The zero-order valence-corrected chi connectivity index (χ0v) is 12.6. The standard InChI is InChI=1S/C18H23N/c1-11-6-9-16-14(4)18(19(5)17(16)10-11)13(3)12(2)15-7-8-15/h6-7,9-10,16-17H,8H2,1-5H3/b13-12-. The summed E-state index contributed by atoms with van der Waals surface area (Å²) in [5.41, 5.74) is 8.82. The molecule has 0 spiro atoms. The van der Waals surface area contributed by atoms with Gasteiger partial charge in [-0.25, -0.2) is 0 Å². The third-order valence-corrected chi connectivity index (χ3v) is 4.85. The normalized spacial score (nSPS) is 30.1. The molecule has 3 aliphatic rings. The molecule has 0 radical (unpaired) electrons. The lowest BCUT2D eigenvalue weighted by Crippen LogP contribution is -2.30. The Bertz CT molecular complexity index is 581. The molecule has 1 heteroatoms. The van der Waals surface area contributed by atoms with E-state index >= 15 is 0 Å². The van der Waals surface area contributed by atoms with Crippen molar-refractivity contribution in [3.8, 4) is 0 Å². The molecule has 0 amide bonds. The van der Waals surface area contributed by atoms with Crippen LogP contribution in [-0.4, -0.2) is 18.0 Å². The van der Waals surface area contributed by atoms with Crippen molar-refractivity contribution in [2.45, 2.75) is 40.2 Å². The minimum Gasteiger partial charge on any atom is -0.367 e. The Morgan fingerprint density at radius 3 is 2.53 bits per heavy atom. The van der Waals surface area contributed by atoms with Crippen LogP contribution < -0.4 is 0 Å². The topological polar surface area (TPSA) is 3.24 Å². The van der Waals surface area contributed by atoms with Gasteiger partial charge in [-0.1, -0.05) is 29.9 Å². The summed E-state index contributed by atoms with van der Waals surface area (Å²) < 4.78 is 0. The Kier molecular flexibility index (Phi) is 2.81. The summed E-state index contributed by atoms with van der Waals surface area (Å²) in [6.45, 7) is 9.03. The fraction of sp³-hybridized carbons (Fsp3) is 0.444. The largest absolute Gasteiger partial charge is 0.367 e. The summed E-state index contributed by atoms with van der Waals surface area (Å²) >= 11 is 0. The van der Waals surface area contributed by atoms with E-state index in [2.05, 4.69) is 63.9 Å². The molecule has 0 saturated carbocycles. The van der Waals surface area contributed by atoms with Gasteiger partial charge in [0, 0.05) is 18.7 Å². The lowest BCUT2D eigenvalue weighted by atomic mass is 9.89. The van der Waals surface area contributed by atoms with Crippen molar-refractivity contribution in [2.24, 2.45) is 5.92 Å². The lowest BCUT2D eigenvalue weighted by molar-refractivity contribution is 0.358. The minimum atomic E-state index is 0.510. The summed E-state index contributed by atoms with van der Waals surface area (Å²) in [4.78, 5) is 2.47. The number of rotatable bonds is 2. The number of hydrogen-bond acceptors (Lipinski definition) is 1. The molecule has 0 bridgehead atoms. The van der Waals surface area contributed by atoms with Gasteiger partial charge in [-0.15, -0.1) is 0 Å². The molecule has 2 atom stereocenters. The maximum absolute atomic E-state index is 2.47. The summed E-state index contributed by atoms with van der Waals surface area (Å²) in [5.74, 6) is 0.555. The molecule has 0 saturated heterocycles. The van der Waals surface area contributed by atoms with Gasteiger partial charge >= 0.3 is 0 Å². The minimum absolute atomic E-state index is 0.510. The van der Waals surface area contributed by atoms with E-state index in [0.717, 1.165) is 0 Å². The highest BCUT2D eigenvalue weighted by molar-refractivity contribution is 5.53. The Balaban J connectivity index is 2.02. The molecule has 0 fully saturated rings. The van der Waals surface area contributed by atoms with Crippen LogP contribution >= 0.6 is 0 Å². The highest BCUT2D eigenvalue weighted by Crippen LogP contribution is 2.42. The van der Waals surface area contributed by atoms with Crippen LogP contribution in [-0.2, 0) is 0 Å². The van der Waals surface area contributed by atoms with E-state index in [4.69, 9.17) is 0 Å². The van der Waals surface area contributed by atoms with Crippen LogP contribution in [0.1, 0.15) is 34.1 Å². The fourth-order valence-corrected chi connectivity index (χ4v) is 3.47. The maximum atomic E-state index is 2.47. The third-order valence-electron chi connectivity index (χ3n) is 4.85. The first-order valence-corrected chi connectivity index (χ1v) is 7.18. The average molecular weight is 253 g/mol. The Labute approximate surface area is 116 Å². The third kappa shape index (κ3) is 1.92. The van der Waals surface area contributed by atoms with Crippen LogP contribution in [0.4, 0.5) is 0 Å². The zero-order chi connectivity index (χ0) is 13.7. The van der Waals surface area contributed by atoms with Gasteiger partial charge in [-0.2, -0.15) is 0 Å². The van der Waals surface area contributed by atoms with Gasteiger partial charge in [0.25, 0.3) is 0 Å². The van der Waals surface area contributed by atoms with Gasteiger partial charge in [0.1, 0.15) is 0 Å². The van der Waals surface area contributed by atoms with E-state index < -0.39 is 0 Å². The van der Waals surface area contributed by atoms with E-state index in [1.165, 1.54) is 40.0 Å². The van der Waals surface area contributed by atoms with Crippen LogP contribution in [0.2, 0.25) is 0 Å². The zero-order valence-electron chi connectivity index (χ0n) is 12.6. The summed E-state index contributed by atoms with van der Waals surface area (Å²) in [5, 5.41) is 0. The van der Waals surface area contributed by atoms with E-state index in [-0.39, 0.29) is 0 Å². The van der Waals surface area contributed by atoms with E-state index in [9.17, 15) is 0 Å². The lowest BCUT2D eigenvalue weighted by Gasteiger charge is -2.28. The van der Waals surface area contributed by atoms with Crippen molar-refractivity contribution >= 4 is 0 Å². The second-order valence-corrected chi connectivity index (χ2v) is 6.11. The second-order valence-electron chi connectivity index (χ2n) is 6.11. The van der Waals surface area contributed by atoms with E-state index in [0.29, 0.717) is 12.0 Å². The SMILES string of the molecule is CC1=CC2C(C=C1)C(C)=C(/C(C)=C(/C)C1=CC1)N2C. The number of likely N-dealkylation sites (N-methyl/N-ethyl adjacent to an activating group) is 1. The number of allylic oxidation sites excluding steroid dienone is 6. The molecule has 1 aliphatic heterocycles. The molecule has 100 valence electrons. The molecule has 0 N–H and O–H groups in total. The van der Waals surface area contributed by atoms with Crippen molar-refractivity contribution in [3.63, 3.8) is 0 Å². The molecule has 1 heterocycles. The predicted octanol–water partition coefficient (Wildman–Crippen LogP) is 4.37. The predicted molar refractivity (Wildman–Crippen MR) is 81.7 cm³/mol. The van der Waals surface area contributed by atoms with Crippen LogP contribution in [0, 0.1) is 5.92 Å². The molecular formula is C18H23N. The second kappa shape index (κ2) is 4.26. The van der Waals surface area contributed by atoms with Crippen LogP contribution in [0.15, 0.2) is 57.9 Å². The quantitative estimate of drug-likeness (QED) is 0.706. The Morgan fingerprint density at radius 1 is 1.21 bits per heavy atom. The number of fused-ring (bicyclic) bond motifs is 1. The first-order chi connectivity index (χ1) is 9.00. The van der Waals surface area contributed by atoms with Crippen molar-refractivity contribution in [3.05, 3.63) is 57.9 Å². The van der Waals surface area contributed by atoms with Crippen molar-refractivity contribution in [1.29, 1.82) is 0 Å². The molecule has 0 aromatic heterocycles. The van der Waals surface area contributed by atoms with Crippen LogP contribution in [0.5, 0.6) is 0 Å². The molecular weight excluding hydrogens is 230 g/mol. The number of hydrogen-bond donors (Lipinski definition) is 0. The molecule has 0 aromatic carbocycles. The summed E-state index contributed by atoms with van der Waals surface area (Å²) in [7, 11) is 2.24. The van der Waals surface area contributed by atoms with Gasteiger partial charge in [-0.05, 0) is 56.4 Å². The smallest absolute Gasteiger partial charge is 0.0576 e. The van der Waals surface area contributed by atoms with Crippen LogP contribution in [0.25, 0.3) is 0 Å². The fourth-order valence-electron chi connectivity index (χ4n) is 3.47. The van der Waals surface area contributed by atoms with Gasteiger partial charge in [0.05, 0.1) is 6.04 Å². The Morgan fingerprint density at radius 2 is 1.89 bits per heavy atom. The van der Waals surface area contributed by atoms with Gasteiger partial charge in [-0.3, -0.25) is 0 Å². The van der Waals surface area contributed by atoms with Crippen molar-refractivity contribution < 1.29 is 0 Å². The van der Waals surface area contributed by atoms with E-state index in [1.807, 2.05) is 0 Å². The molecule has 1 nitrogen and oxygen atoms in total. The molecule has 19 heavy (non-hydrogen) atoms. The van der Waals surface area contributed by atoms with Crippen molar-refractivity contribution in [1.82, 2.24) is 4.90 Å². The van der Waals surface area contributed by atoms with Gasteiger partial charge < -0.3 is 4.90 Å². The first-order valence-electron chi connectivity index (χ1n) is 7.18. The van der Waals surface area contributed by atoms with Gasteiger partial charge in [0.15, 0.2) is 0 Å². The summed E-state index contributed by atoms with van der Waals surface area (Å²) in [6.07, 6.45) is 10.5.